The average molecular weight is 390 g/mol. The van der Waals surface area contributed by atoms with Gasteiger partial charge in [-0.2, -0.15) is 0 Å². The topological polar surface area (TPSA) is 48.1 Å². The van der Waals surface area contributed by atoms with Gasteiger partial charge in [0.1, 0.15) is 0 Å². The van der Waals surface area contributed by atoms with Gasteiger partial charge in [0.25, 0.3) is 5.91 Å². The number of likely N-dealkylation sites (tertiary alicyclic amines) is 1. The van der Waals surface area contributed by atoms with E-state index in [0.717, 1.165) is 41.9 Å². The van der Waals surface area contributed by atoms with Crippen LogP contribution < -0.4 is 5.32 Å². The molecule has 1 fully saturated rings. The molecular formula is C25H31N3O. The number of fused-ring (bicyclic) bond motifs is 2. The van der Waals surface area contributed by atoms with Crippen molar-refractivity contribution in [1.29, 1.82) is 0 Å². The lowest BCUT2D eigenvalue weighted by molar-refractivity contribution is -0.110. The third-order valence-electron chi connectivity index (χ3n) is 6.96. The van der Waals surface area contributed by atoms with Crippen LogP contribution in [0, 0.1) is 0 Å². The number of carbonyl (C=O) groups is 1. The molecule has 1 saturated heterocycles. The van der Waals surface area contributed by atoms with Gasteiger partial charge in [-0.05, 0) is 92.4 Å². The van der Waals surface area contributed by atoms with Crippen LogP contribution in [-0.4, -0.2) is 35.4 Å². The van der Waals surface area contributed by atoms with E-state index < -0.39 is 0 Å². The number of hydrogen-bond donors (Lipinski definition) is 2. The lowest BCUT2D eigenvalue weighted by Gasteiger charge is -2.29. The van der Waals surface area contributed by atoms with E-state index in [-0.39, 0.29) is 11.3 Å². The van der Waals surface area contributed by atoms with E-state index in [2.05, 4.69) is 53.3 Å². The van der Waals surface area contributed by atoms with E-state index in [0.29, 0.717) is 0 Å². The van der Waals surface area contributed by atoms with Crippen LogP contribution in [0.2, 0.25) is 0 Å². The number of nitrogens with one attached hydrogen (secondary N) is 2. The van der Waals surface area contributed by atoms with E-state index in [1.54, 1.807) is 0 Å². The smallest absolute Gasteiger partial charge is 0.256 e. The Balaban J connectivity index is 1.42. The number of aromatic nitrogens is 1. The maximum Gasteiger partial charge on any atom is 0.256 e. The van der Waals surface area contributed by atoms with Gasteiger partial charge >= 0.3 is 0 Å². The molecule has 3 aliphatic rings. The number of nitrogens with zero attached hydrogens (tertiary/aromatic N) is 1. The minimum atomic E-state index is 0.00326. The molecule has 2 aliphatic heterocycles. The number of carbonyl (C=O) groups excluding carboxylic acids is 1. The SMILES string of the molecule is CC1(C)CCCc2[nH]c(C=C3C(=O)Nc4ccc(CCN5CCCC5)cc43)cc21. The second-order valence-electron chi connectivity index (χ2n) is 9.55. The van der Waals surface area contributed by atoms with Crippen LogP contribution in [0.4, 0.5) is 5.69 Å². The van der Waals surface area contributed by atoms with E-state index in [4.69, 9.17) is 0 Å². The second kappa shape index (κ2) is 7.17. The molecule has 0 saturated carbocycles. The highest BCUT2D eigenvalue weighted by molar-refractivity contribution is 6.34. The van der Waals surface area contributed by atoms with Gasteiger partial charge in [-0.3, -0.25) is 4.79 Å². The van der Waals surface area contributed by atoms with Gasteiger partial charge in [0.05, 0.1) is 5.57 Å². The van der Waals surface area contributed by atoms with Crippen molar-refractivity contribution in [2.45, 2.75) is 57.8 Å². The third kappa shape index (κ3) is 3.55. The summed E-state index contributed by atoms with van der Waals surface area (Å²) in [5, 5.41) is 3.04. The summed E-state index contributed by atoms with van der Waals surface area (Å²) < 4.78 is 0. The minimum absolute atomic E-state index is 0.00326. The van der Waals surface area contributed by atoms with Crippen LogP contribution in [-0.2, 0) is 23.1 Å². The van der Waals surface area contributed by atoms with Crippen molar-refractivity contribution >= 4 is 23.2 Å². The molecule has 2 N–H and O–H groups in total. The Morgan fingerprint density at radius 2 is 1.97 bits per heavy atom. The molecule has 4 nitrogen and oxygen atoms in total. The van der Waals surface area contributed by atoms with Gasteiger partial charge in [-0.1, -0.05) is 19.9 Å². The number of benzene rings is 1. The summed E-state index contributed by atoms with van der Waals surface area (Å²) in [6, 6.07) is 8.69. The van der Waals surface area contributed by atoms with Crippen LogP contribution in [0.25, 0.3) is 11.6 Å². The summed E-state index contributed by atoms with van der Waals surface area (Å²) >= 11 is 0. The molecule has 0 unspecified atom stereocenters. The summed E-state index contributed by atoms with van der Waals surface area (Å²) in [4.78, 5) is 18.8. The highest BCUT2D eigenvalue weighted by atomic mass is 16.2. The summed E-state index contributed by atoms with van der Waals surface area (Å²) in [7, 11) is 0. The zero-order chi connectivity index (χ0) is 20.0. The van der Waals surface area contributed by atoms with Crippen LogP contribution in [0.15, 0.2) is 24.3 Å². The first kappa shape index (κ1) is 18.7. The van der Waals surface area contributed by atoms with Crippen molar-refractivity contribution in [2.24, 2.45) is 0 Å². The first-order chi connectivity index (χ1) is 14.0. The van der Waals surface area contributed by atoms with Crippen LogP contribution >= 0.6 is 0 Å². The zero-order valence-corrected chi connectivity index (χ0v) is 17.6. The third-order valence-corrected chi connectivity index (χ3v) is 6.96. The summed E-state index contributed by atoms with van der Waals surface area (Å²) in [5.74, 6) is 0.00326. The largest absolute Gasteiger partial charge is 0.359 e. The molecule has 1 aromatic heterocycles. The van der Waals surface area contributed by atoms with Gasteiger partial charge in [0.2, 0.25) is 0 Å². The van der Waals surface area contributed by atoms with Crippen LogP contribution in [0.5, 0.6) is 0 Å². The van der Waals surface area contributed by atoms with E-state index >= 15 is 0 Å². The molecule has 5 rings (SSSR count). The predicted molar refractivity (Wildman–Crippen MR) is 119 cm³/mol. The molecule has 0 spiro atoms. The maximum atomic E-state index is 12.7. The van der Waals surface area contributed by atoms with Crippen LogP contribution in [0.3, 0.4) is 0 Å². The van der Waals surface area contributed by atoms with Crippen molar-refractivity contribution in [1.82, 2.24) is 9.88 Å². The molecule has 29 heavy (non-hydrogen) atoms. The molecule has 0 atom stereocenters. The van der Waals surface area contributed by atoms with E-state index in [9.17, 15) is 4.79 Å². The van der Waals surface area contributed by atoms with Gasteiger partial charge < -0.3 is 15.2 Å². The molecule has 0 bridgehead atoms. The number of aromatic amines is 1. The zero-order valence-electron chi connectivity index (χ0n) is 17.6. The fourth-order valence-corrected chi connectivity index (χ4v) is 5.22. The normalized spacial score (nSPS) is 22.0. The van der Waals surface area contributed by atoms with Crippen LogP contribution in [0.1, 0.15) is 67.6 Å². The molecule has 1 aliphatic carbocycles. The maximum absolute atomic E-state index is 12.7. The molecule has 1 aromatic carbocycles. The van der Waals surface area contributed by atoms with Crippen molar-refractivity contribution in [3.8, 4) is 0 Å². The van der Waals surface area contributed by atoms with Gasteiger partial charge in [-0.15, -0.1) is 0 Å². The fourth-order valence-electron chi connectivity index (χ4n) is 5.22. The quantitative estimate of drug-likeness (QED) is 0.741. The van der Waals surface area contributed by atoms with Crippen molar-refractivity contribution in [3.63, 3.8) is 0 Å². The number of H-pyrrole nitrogens is 1. The Morgan fingerprint density at radius 1 is 1.14 bits per heavy atom. The number of aryl methyl sites for hydroxylation is 1. The molecule has 4 heteroatoms. The Labute approximate surface area is 173 Å². The first-order valence-corrected chi connectivity index (χ1v) is 11.1. The lowest BCUT2D eigenvalue weighted by Crippen LogP contribution is -2.22. The Hall–Kier alpha value is -2.33. The number of anilines is 1. The molecule has 2 aromatic rings. The monoisotopic (exact) mass is 389 g/mol. The lowest BCUT2D eigenvalue weighted by atomic mass is 9.75. The minimum Gasteiger partial charge on any atom is -0.359 e. The van der Waals surface area contributed by atoms with Gasteiger partial charge in [-0.25, -0.2) is 0 Å². The number of rotatable bonds is 4. The van der Waals surface area contributed by atoms with Crippen molar-refractivity contribution in [2.75, 3.05) is 25.0 Å². The standard InChI is InChI=1S/C25H31N3O/c1-25(2)10-5-6-23-21(25)16-18(26-23)15-20-19-14-17(7-8-22(19)27-24(20)29)9-13-28-11-3-4-12-28/h7-8,14-16,26H,3-6,9-13H2,1-2H3,(H,27,29). The second-order valence-corrected chi connectivity index (χ2v) is 9.55. The predicted octanol–water partition coefficient (Wildman–Crippen LogP) is 4.76. The van der Waals surface area contributed by atoms with E-state index in [1.165, 1.54) is 55.6 Å². The fraction of sp³-hybridized carbons (Fsp3) is 0.480. The Bertz CT molecular complexity index is 976. The Kier molecular flexibility index (Phi) is 4.62. The highest BCUT2D eigenvalue weighted by Crippen LogP contribution is 2.39. The van der Waals surface area contributed by atoms with Gasteiger partial charge in [0, 0.05) is 29.2 Å². The first-order valence-electron chi connectivity index (χ1n) is 11.1. The summed E-state index contributed by atoms with van der Waals surface area (Å²) in [6.45, 7) is 8.20. The summed E-state index contributed by atoms with van der Waals surface area (Å²) in [6.07, 6.45) is 9.28. The number of amides is 1. The highest BCUT2D eigenvalue weighted by Gasteiger charge is 2.30. The Morgan fingerprint density at radius 3 is 2.76 bits per heavy atom. The van der Waals surface area contributed by atoms with E-state index in [1.807, 2.05) is 6.08 Å². The number of hydrogen-bond acceptors (Lipinski definition) is 2. The molecule has 3 heterocycles. The average Bonchev–Trinajstić information content (AvgIpc) is 3.40. The van der Waals surface area contributed by atoms with Gasteiger partial charge in [0.15, 0.2) is 0 Å². The van der Waals surface area contributed by atoms with Crippen molar-refractivity contribution < 1.29 is 4.79 Å². The molecule has 0 radical (unpaired) electrons. The summed E-state index contributed by atoms with van der Waals surface area (Å²) in [5.41, 5.74) is 8.07. The van der Waals surface area contributed by atoms with Crippen molar-refractivity contribution in [3.05, 3.63) is 52.3 Å². The molecule has 1 amide bonds. The molecular weight excluding hydrogens is 358 g/mol. The molecule has 152 valence electrons.